The lowest BCUT2D eigenvalue weighted by molar-refractivity contribution is -0.479. The fourth-order valence-electron chi connectivity index (χ4n) is 0. The SMILES string of the molecule is [ClH4+3].[O-]B([O-])[O-]. The summed E-state index contributed by atoms with van der Waals surface area (Å²) in [4.78, 5) is 0. The quantitative estimate of drug-likeness (QED) is 0.285. The second-order valence-electron chi connectivity index (χ2n) is 0.289. The average molecular weight is 98.3 g/mol. The molecule has 5 heavy (non-hydrogen) atoms. The van der Waals surface area contributed by atoms with Crippen molar-refractivity contribution in [2.24, 2.45) is 0 Å². The normalized spacial score (nSPS) is 5.40. The maximum absolute atomic E-state index is 8.42. The van der Waals surface area contributed by atoms with E-state index in [9.17, 15) is 0 Å². The standard InChI is InChI=1S/BO3.Cl/c2-1(3)4;/q-3;+3. The minimum absolute atomic E-state index is 0. The molecule has 5 heteroatoms. The van der Waals surface area contributed by atoms with Crippen molar-refractivity contribution in [3.8, 4) is 0 Å². The zero-order chi connectivity index (χ0) is 3.58. The van der Waals surface area contributed by atoms with E-state index in [4.69, 9.17) is 15.1 Å². The summed E-state index contributed by atoms with van der Waals surface area (Å²) in [5.41, 5.74) is 0. The van der Waals surface area contributed by atoms with E-state index in [0.717, 1.165) is 0 Å². The fourth-order valence-corrected chi connectivity index (χ4v) is 0. The molecule has 0 aliphatic carbocycles. The lowest BCUT2D eigenvalue weighted by atomic mass is 10.3. The monoisotopic (exact) mass is 98.0 g/mol. The molecular formula is H4BClO3. The molecule has 0 radical (unpaired) electrons. The summed E-state index contributed by atoms with van der Waals surface area (Å²) in [5.74, 6) is 0. The molecule has 0 bridgehead atoms. The molecule has 0 spiro atoms. The molecule has 0 fully saturated rings. The van der Waals surface area contributed by atoms with Crippen molar-refractivity contribution in [1.82, 2.24) is 0 Å². The van der Waals surface area contributed by atoms with Gasteiger partial charge in [0.25, 0.3) is 0 Å². The highest BCUT2D eigenvalue weighted by Crippen LogP contribution is 0.994. The van der Waals surface area contributed by atoms with Gasteiger partial charge in [-0.05, 0) is 0 Å². The molecule has 0 atom stereocenters. The lowest BCUT2D eigenvalue weighted by Gasteiger charge is -2.35. The molecule has 3 nitrogen and oxygen atoms in total. The van der Waals surface area contributed by atoms with E-state index < -0.39 is 7.32 Å². The van der Waals surface area contributed by atoms with Gasteiger partial charge < -0.3 is 27.5 Å². The molecule has 0 aromatic heterocycles. The van der Waals surface area contributed by atoms with Crippen molar-refractivity contribution < 1.29 is 27.5 Å². The molecule has 32 valence electrons. The van der Waals surface area contributed by atoms with Crippen LogP contribution in [-0.2, 0) is 0 Å². The minimum Gasteiger partial charge on any atom is -0.907 e. The van der Waals surface area contributed by atoms with Crippen LogP contribution in [0.1, 0.15) is 0 Å². The number of rotatable bonds is 0. The van der Waals surface area contributed by atoms with Gasteiger partial charge in [-0.2, -0.15) is 0 Å². The first-order valence-corrected chi connectivity index (χ1v) is 0.707. The van der Waals surface area contributed by atoms with Crippen LogP contribution < -0.4 is 15.1 Å². The fraction of sp³-hybridized carbons (Fsp3) is 0. The Balaban J connectivity index is 0. The van der Waals surface area contributed by atoms with Crippen molar-refractivity contribution in [1.29, 1.82) is 0 Å². The highest BCUT2D eigenvalue weighted by atomic mass is 35.5. The predicted molar refractivity (Wildman–Crippen MR) is 11.3 cm³/mol. The summed E-state index contributed by atoms with van der Waals surface area (Å²) >= 11 is 0. The van der Waals surface area contributed by atoms with Crippen molar-refractivity contribution in [3.63, 3.8) is 0 Å². The Labute approximate surface area is 35.8 Å². The second kappa shape index (κ2) is 4.23. The summed E-state index contributed by atoms with van der Waals surface area (Å²) in [6.07, 6.45) is 0. The van der Waals surface area contributed by atoms with Crippen LogP contribution in [0.4, 0.5) is 0 Å². The second-order valence-corrected chi connectivity index (χ2v) is 0.289. The molecule has 0 rings (SSSR count). The molecule has 0 amide bonds. The van der Waals surface area contributed by atoms with Gasteiger partial charge in [-0.1, -0.05) is 0 Å². The van der Waals surface area contributed by atoms with Gasteiger partial charge in [0.15, 0.2) is 0 Å². The van der Waals surface area contributed by atoms with Crippen LogP contribution in [0.5, 0.6) is 0 Å². The first-order valence-electron chi connectivity index (χ1n) is 0.707. The Hall–Kier alpha value is 0.235. The van der Waals surface area contributed by atoms with E-state index in [-0.39, 0.29) is 12.4 Å². The van der Waals surface area contributed by atoms with E-state index in [2.05, 4.69) is 0 Å². The molecule has 0 N–H and O–H groups in total. The number of hydrogen-bond acceptors (Lipinski definition) is 3. The summed E-state index contributed by atoms with van der Waals surface area (Å²) in [5, 5.41) is 25.2. The zero-order valence-electron chi connectivity index (χ0n) is 2.38. The molecule has 0 unspecified atom stereocenters. The first kappa shape index (κ1) is 8.97. The van der Waals surface area contributed by atoms with Crippen LogP contribution in [0, 0.1) is 12.4 Å². The topological polar surface area (TPSA) is 69.2 Å². The van der Waals surface area contributed by atoms with Crippen LogP contribution in [0.15, 0.2) is 0 Å². The van der Waals surface area contributed by atoms with Crippen molar-refractivity contribution in [2.75, 3.05) is 0 Å². The molecule has 0 aliphatic rings. The molecule has 0 aromatic carbocycles. The molecule has 0 saturated heterocycles. The third-order valence-corrected chi connectivity index (χ3v) is 0. The third-order valence-electron chi connectivity index (χ3n) is 0. The van der Waals surface area contributed by atoms with Crippen LogP contribution in [0.25, 0.3) is 0 Å². The smallest absolute Gasteiger partial charge is 0.278 e. The molecule has 0 heterocycles. The summed E-state index contributed by atoms with van der Waals surface area (Å²) < 4.78 is 0. The predicted octanol–water partition coefficient (Wildman–Crippen LogP) is -5.02. The van der Waals surface area contributed by atoms with Crippen LogP contribution >= 0.6 is 0 Å². The van der Waals surface area contributed by atoms with Crippen LogP contribution in [0.3, 0.4) is 0 Å². The molecule has 0 aromatic rings. The van der Waals surface area contributed by atoms with Crippen molar-refractivity contribution >= 4 is 7.32 Å². The van der Waals surface area contributed by atoms with Crippen molar-refractivity contribution in [3.05, 3.63) is 0 Å². The Morgan fingerprint density at radius 3 is 1.00 bits per heavy atom. The van der Waals surface area contributed by atoms with Gasteiger partial charge >= 0.3 is 0 Å². The third kappa shape index (κ3) is 383. The van der Waals surface area contributed by atoms with Crippen LogP contribution in [-0.4, -0.2) is 7.32 Å². The van der Waals surface area contributed by atoms with Gasteiger partial charge in [-0.3, -0.25) is 7.32 Å². The molecule has 0 aliphatic heterocycles. The first-order chi connectivity index (χ1) is 1.73. The Morgan fingerprint density at radius 2 is 1.00 bits per heavy atom. The van der Waals surface area contributed by atoms with Crippen molar-refractivity contribution in [2.45, 2.75) is 0 Å². The van der Waals surface area contributed by atoms with Crippen LogP contribution in [0.2, 0.25) is 0 Å². The van der Waals surface area contributed by atoms with E-state index >= 15 is 0 Å². The van der Waals surface area contributed by atoms with Gasteiger partial charge in [-0.25, -0.2) is 0 Å². The Bertz CT molecular complexity index is 11.6. The molecular weight excluding hydrogens is 94.3 g/mol. The number of halogens is 1. The average Bonchev–Trinajstić information content (AvgIpc) is 0.811. The van der Waals surface area contributed by atoms with Gasteiger partial charge in [0, 0.05) is 0 Å². The van der Waals surface area contributed by atoms with Gasteiger partial charge in [0.1, 0.15) is 0 Å². The van der Waals surface area contributed by atoms with Gasteiger partial charge in [0.2, 0.25) is 0 Å². The Kier molecular flexibility index (Phi) is 7.60. The van der Waals surface area contributed by atoms with E-state index in [1.807, 2.05) is 0 Å². The summed E-state index contributed by atoms with van der Waals surface area (Å²) in [6.45, 7) is 0. The largest absolute Gasteiger partial charge is 0.907 e. The van der Waals surface area contributed by atoms with E-state index in [1.54, 1.807) is 0 Å². The lowest BCUT2D eigenvalue weighted by Crippen LogP contribution is -2.56. The maximum atomic E-state index is 8.42. The maximum Gasteiger partial charge on any atom is -0.278 e. The highest BCUT2D eigenvalue weighted by Gasteiger charge is 1.17. The van der Waals surface area contributed by atoms with E-state index in [0.29, 0.717) is 0 Å². The molecule has 0 saturated carbocycles. The highest BCUT2D eigenvalue weighted by molar-refractivity contribution is 6.24. The number of hydrogen-bond donors (Lipinski definition) is 0. The van der Waals surface area contributed by atoms with E-state index in [1.165, 1.54) is 0 Å². The van der Waals surface area contributed by atoms with Gasteiger partial charge in [0.05, 0.1) is 0 Å². The summed E-state index contributed by atoms with van der Waals surface area (Å²) in [6, 6.07) is 0. The zero-order valence-corrected chi connectivity index (χ0v) is 3.53. The minimum atomic E-state index is -2.92. The summed E-state index contributed by atoms with van der Waals surface area (Å²) in [7, 11) is -2.92. The Morgan fingerprint density at radius 1 is 1.00 bits per heavy atom. The van der Waals surface area contributed by atoms with Gasteiger partial charge in [-0.15, -0.1) is 0 Å².